The Kier molecular flexibility index (Phi) is 5.72. The molecular formula is C29H50O4Si. The van der Waals surface area contributed by atoms with Crippen LogP contribution in [0.25, 0.3) is 0 Å². The molecule has 0 aromatic rings. The Morgan fingerprint density at radius 1 is 0.882 bits per heavy atom. The fraction of sp³-hybridized carbons (Fsp3) is 0.966. The van der Waals surface area contributed by atoms with Crippen LogP contribution < -0.4 is 0 Å². The highest BCUT2D eigenvalue weighted by Crippen LogP contribution is 2.70. The average Bonchev–Trinajstić information content (AvgIpc) is 3.33. The van der Waals surface area contributed by atoms with Crippen molar-refractivity contribution in [2.75, 3.05) is 13.2 Å². The monoisotopic (exact) mass is 490 g/mol. The molecule has 4 saturated carbocycles. The van der Waals surface area contributed by atoms with E-state index < -0.39 is 14.1 Å². The zero-order valence-corrected chi connectivity index (χ0v) is 24.4. The van der Waals surface area contributed by atoms with E-state index >= 15 is 0 Å². The predicted molar refractivity (Wildman–Crippen MR) is 138 cm³/mol. The molecule has 1 spiro atoms. The molecule has 5 aliphatic rings. The maximum atomic E-state index is 14.0. The van der Waals surface area contributed by atoms with Crippen molar-refractivity contribution in [3.63, 3.8) is 0 Å². The van der Waals surface area contributed by atoms with E-state index in [1.165, 1.54) is 12.8 Å². The van der Waals surface area contributed by atoms with Gasteiger partial charge in [-0.25, -0.2) is 0 Å². The van der Waals surface area contributed by atoms with Gasteiger partial charge in [-0.05, 0) is 78.8 Å². The molecular weight excluding hydrogens is 440 g/mol. The molecule has 1 aliphatic heterocycles. The molecule has 4 nitrogen and oxygen atoms in total. The number of Topliss-reactive ketones (excluding diaryl/α,β-unsaturated/α-hetero) is 1. The van der Waals surface area contributed by atoms with Gasteiger partial charge < -0.3 is 13.9 Å². The summed E-state index contributed by atoms with van der Waals surface area (Å²) in [4.78, 5) is 14.0. The second kappa shape index (κ2) is 7.64. The number of carbonyl (C=O) groups is 1. The van der Waals surface area contributed by atoms with Gasteiger partial charge in [0.2, 0.25) is 0 Å². The van der Waals surface area contributed by atoms with E-state index in [-0.39, 0.29) is 27.2 Å². The molecule has 1 saturated heterocycles. The number of hydrogen-bond donors (Lipinski definition) is 0. The lowest BCUT2D eigenvalue weighted by Gasteiger charge is -2.65. The number of fused-ring (bicyclic) bond motifs is 5. The quantitative estimate of drug-likeness (QED) is 0.392. The van der Waals surface area contributed by atoms with Crippen molar-refractivity contribution >= 4 is 14.1 Å². The van der Waals surface area contributed by atoms with Crippen molar-refractivity contribution < 1.29 is 18.7 Å². The summed E-state index contributed by atoms with van der Waals surface area (Å²) in [6.45, 7) is 22.8. The summed E-state index contributed by atoms with van der Waals surface area (Å²) in [5.41, 5.74) is 0.169. The van der Waals surface area contributed by atoms with Gasteiger partial charge in [-0.15, -0.1) is 0 Å². The summed E-state index contributed by atoms with van der Waals surface area (Å²) >= 11 is 0. The molecule has 0 aromatic heterocycles. The Bertz CT molecular complexity index is 838. The molecule has 1 heterocycles. The topological polar surface area (TPSA) is 44.8 Å². The number of ketones is 1. The molecule has 4 aliphatic carbocycles. The third-order valence-electron chi connectivity index (χ3n) is 12.4. The highest BCUT2D eigenvalue weighted by molar-refractivity contribution is 6.74. The smallest absolute Gasteiger partial charge is 0.192 e. The highest BCUT2D eigenvalue weighted by Gasteiger charge is 2.69. The Balaban J connectivity index is 1.43. The third kappa shape index (κ3) is 3.28. The summed E-state index contributed by atoms with van der Waals surface area (Å²) in [5.74, 6) is 1.53. The van der Waals surface area contributed by atoms with Gasteiger partial charge in [-0.2, -0.15) is 0 Å². The van der Waals surface area contributed by atoms with Crippen LogP contribution in [0.1, 0.15) is 93.4 Å². The summed E-state index contributed by atoms with van der Waals surface area (Å²) in [6, 6.07) is 0. The maximum absolute atomic E-state index is 14.0. The summed E-state index contributed by atoms with van der Waals surface area (Å²) in [6.07, 6.45) is 7.73. The number of carbonyl (C=O) groups excluding carboxylic acids is 1. The van der Waals surface area contributed by atoms with Crippen molar-refractivity contribution in [1.29, 1.82) is 0 Å². The first kappa shape index (κ1) is 25.4. The summed E-state index contributed by atoms with van der Waals surface area (Å²) in [5, 5.41) is 0.216. The first-order chi connectivity index (χ1) is 15.6. The largest absolute Gasteiger partial charge is 0.413 e. The van der Waals surface area contributed by atoms with Gasteiger partial charge in [0.1, 0.15) is 5.78 Å². The van der Waals surface area contributed by atoms with Gasteiger partial charge in [0.25, 0.3) is 0 Å². The zero-order valence-electron chi connectivity index (χ0n) is 23.4. The van der Waals surface area contributed by atoms with Crippen LogP contribution in [0.4, 0.5) is 0 Å². The van der Waals surface area contributed by atoms with Gasteiger partial charge in [-0.1, -0.05) is 48.5 Å². The van der Waals surface area contributed by atoms with Gasteiger partial charge in [-0.3, -0.25) is 4.79 Å². The number of rotatable bonds is 2. The Morgan fingerprint density at radius 2 is 1.50 bits per heavy atom. The molecule has 0 bridgehead atoms. The van der Waals surface area contributed by atoms with E-state index in [0.29, 0.717) is 49.3 Å². The molecule has 5 rings (SSSR count). The zero-order chi connectivity index (χ0) is 24.9. The normalized spacial score (nSPS) is 45.7. The lowest BCUT2D eigenvalue weighted by atomic mass is 9.40. The minimum Gasteiger partial charge on any atom is -0.413 e. The van der Waals surface area contributed by atoms with Crippen LogP contribution in [0, 0.1) is 39.9 Å². The van der Waals surface area contributed by atoms with Crippen LogP contribution in [0.5, 0.6) is 0 Å². The minimum atomic E-state index is -1.85. The lowest BCUT2D eigenvalue weighted by Crippen LogP contribution is -2.65. The van der Waals surface area contributed by atoms with Crippen LogP contribution in [0.3, 0.4) is 0 Å². The van der Waals surface area contributed by atoms with Crippen molar-refractivity contribution in [3.05, 3.63) is 0 Å². The highest BCUT2D eigenvalue weighted by atomic mass is 28.4. The Morgan fingerprint density at radius 3 is 2.12 bits per heavy atom. The van der Waals surface area contributed by atoms with Gasteiger partial charge in [0.05, 0.1) is 19.3 Å². The fourth-order valence-corrected chi connectivity index (χ4v) is 10.7. The maximum Gasteiger partial charge on any atom is 0.192 e. The van der Waals surface area contributed by atoms with E-state index in [1.807, 2.05) is 0 Å². The van der Waals surface area contributed by atoms with Crippen LogP contribution in [-0.2, 0) is 18.7 Å². The molecule has 0 amide bonds. The Labute approximate surface area is 209 Å². The second-order valence-electron chi connectivity index (χ2n) is 15.1. The second-order valence-corrected chi connectivity index (χ2v) is 19.9. The molecule has 194 valence electrons. The lowest BCUT2D eigenvalue weighted by molar-refractivity contribution is -0.297. The van der Waals surface area contributed by atoms with Crippen LogP contribution in [-0.4, -0.2) is 39.2 Å². The van der Waals surface area contributed by atoms with E-state index in [2.05, 4.69) is 61.6 Å². The van der Waals surface area contributed by atoms with E-state index in [9.17, 15) is 4.79 Å². The molecule has 0 N–H and O–H groups in total. The van der Waals surface area contributed by atoms with Crippen molar-refractivity contribution in [2.45, 2.75) is 123 Å². The van der Waals surface area contributed by atoms with E-state index in [4.69, 9.17) is 13.9 Å². The molecule has 34 heavy (non-hydrogen) atoms. The summed E-state index contributed by atoms with van der Waals surface area (Å²) < 4.78 is 19.7. The molecule has 1 unspecified atom stereocenters. The molecule has 5 heteroatoms. The number of ether oxygens (including phenoxy) is 2. The first-order valence-corrected chi connectivity index (χ1v) is 17.0. The van der Waals surface area contributed by atoms with Crippen molar-refractivity contribution in [1.82, 2.24) is 0 Å². The summed E-state index contributed by atoms with van der Waals surface area (Å²) in [7, 11) is -1.85. The van der Waals surface area contributed by atoms with Crippen LogP contribution in [0.2, 0.25) is 18.1 Å². The molecule has 5 fully saturated rings. The van der Waals surface area contributed by atoms with Gasteiger partial charge >= 0.3 is 0 Å². The SMILES string of the molecule is CC1(C)C2CC(=O)[C@H]3[C@@H]4CC[C@H](O[Si](C)(C)C(C)(C)C)[C@@]4(C)CC[C@@H]3[C@@]2(C)CCC12OCCO2. The van der Waals surface area contributed by atoms with Crippen LogP contribution in [0.15, 0.2) is 0 Å². The van der Waals surface area contributed by atoms with Gasteiger partial charge in [0.15, 0.2) is 14.1 Å². The van der Waals surface area contributed by atoms with Crippen molar-refractivity contribution in [2.24, 2.45) is 39.9 Å². The van der Waals surface area contributed by atoms with Crippen LogP contribution >= 0.6 is 0 Å². The predicted octanol–water partition coefficient (Wildman–Crippen LogP) is 6.98. The van der Waals surface area contributed by atoms with E-state index in [1.54, 1.807) is 0 Å². The molecule has 0 radical (unpaired) electrons. The molecule has 7 atom stereocenters. The minimum absolute atomic E-state index is 0.138. The standard InChI is InChI=1S/C29H50O4Si/c1-25(2,3)34(8,9)33-23-11-10-19-24-20(12-13-28(19,23)7)27(6)14-15-29(31-16-17-32-29)26(4,5)22(27)18-21(24)30/h19-20,22-24H,10-18H2,1-9H3/t19-,20-,22?,23-,24-,27+,28-/m0/s1. The van der Waals surface area contributed by atoms with E-state index in [0.717, 1.165) is 25.7 Å². The van der Waals surface area contributed by atoms with Gasteiger partial charge in [0, 0.05) is 24.2 Å². The first-order valence-electron chi connectivity index (χ1n) is 14.1. The number of hydrogen-bond acceptors (Lipinski definition) is 4. The third-order valence-corrected chi connectivity index (χ3v) is 16.9. The average molecular weight is 491 g/mol. The van der Waals surface area contributed by atoms with Crippen molar-refractivity contribution in [3.8, 4) is 0 Å². The molecule has 0 aromatic carbocycles. The Hall–Kier alpha value is -0.233. The fourth-order valence-electron chi connectivity index (χ4n) is 9.27.